The van der Waals surface area contributed by atoms with Crippen LogP contribution in [0.4, 0.5) is 5.82 Å². The Kier molecular flexibility index (Phi) is 11.2. The van der Waals surface area contributed by atoms with Gasteiger partial charge in [-0.2, -0.15) is 0 Å². The highest BCUT2D eigenvalue weighted by molar-refractivity contribution is 8.26. The molecule has 2 aromatic rings. The van der Waals surface area contributed by atoms with E-state index < -0.39 is 0 Å². The summed E-state index contributed by atoms with van der Waals surface area (Å²) in [6, 6.07) is 5.30. The quantitative estimate of drug-likeness (QED) is 0.191. The van der Waals surface area contributed by atoms with Crippen molar-refractivity contribution in [2.24, 2.45) is 0 Å². The van der Waals surface area contributed by atoms with Gasteiger partial charge in [0, 0.05) is 19.3 Å². The van der Waals surface area contributed by atoms with E-state index in [1.807, 2.05) is 0 Å². The molecule has 3 heterocycles. The number of hydrogen-bond donors (Lipinski definition) is 2. The molecule has 9 heteroatoms. The highest BCUT2D eigenvalue weighted by Crippen LogP contribution is 2.33. The van der Waals surface area contributed by atoms with E-state index in [0.29, 0.717) is 27.2 Å². The number of pyridine rings is 1. The van der Waals surface area contributed by atoms with Crippen LogP contribution < -0.4 is 10.9 Å². The van der Waals surface area contributed by atoms with E-state index in [0.717, 1.165) is 12.8 Å². The zero-order valence-corrected chi connectivity index (χ0v) is 22.1. The maximum Gasteiger partial charge on any atom is 0.267 e. The maximum atomic E-state index is 13.1. The smallest absolute Gasteiger partial charge is 0.267 e. The van der Waals surface area contributed by atoms with Crippen LogP contribution in [0.5, 0.6) is 0 Å². The van der Waals surface area contributed by atoms with Gasteiger partial charge in [-0.05, 0) is 24.6 Å². The minimum absolute atomic E-state index is 0.101. The van der Waals surface area contributed by atoms with Crippen LogP contribution >= 0.6 is 24.0 Å². The van der Waals surface area contributed by atoms with Crippen LogP contribution in [0, 0.1) is 0 Å². The molecule has 2 aromatic heterocycles. The van der Waals surface area contributed by atoms with Crippen LogP contribution in [0.15, 0.2) is 34.1 Å². The molecule has 0 saturated carbocycles. The molecule has 0 unspecified atom stereocenters. The summed E-state index contributed by atoms with van der Waals surface area (Å²) in [4.78, 5) is 32.8. The highest BCUT2D eigenvalue weighted by Gasteiger charge is 2.32. The van der Waals surface area contributed by atoms with E-state index in [-0.39, 0.29) is 30.2 Å². The Bertz CT molecular complexity index is 1100. The third-order valence-corrected chi connectivity index (χ3v) is 7.44. The molecule has 1 fully saturated rings. The average Bonchev–Trinajstić information content (AvgIpc) is 3.13. The predicted molar refractivity (Wildman–Crippen MR) is 149 cm³/mol. The molecule has 0 aliphatic carbocycles. The summed E-state index contributed by atoms with van der Waals surface area (Å²) in [5.74, 6) is 0.178. The number of hydrogen-bond acceptors (Lipinski definition) is 7. The van der Waals surface area contributed by atoms with Crippen molar-refractivity contribution in [3.05, 3.63) is 45.2 Å². The Balaban J connectivity index is 1.60. The lowest BCUT2D eigenvalue weighted by Crippen LogP contribution is -2.29. The van der Waals surface area contributed by atoms with Crippen molar-refractivity contribution in [1.82, 2.24) is 14.3 Å². The molecule has 1 amide bonds. The van der Waals surface area contributed by atoms with Gasteiger partial charge in [0.15, 0.2) is 0 Å². The number of carbonyl (C=O) groups excluding carboxylic acids is 1. The summed E-state index contributed by atoms with van der Waals surface area (Å²) < 4.78 is 1.97. The number of nitrogens with zero attached hydrogens (tertiary/aromatic N) is 3. The Hall–Kier alpha value is -2.23. The van der Waals surface area contributed by atoms with Crippen LogP contribution in [0.2, 0.25) is 0 Å². The molecule has 0 radical (unpaired) electrons. The highest BCUT2D eigenvalue weighted by atomic mass is 32.2. The van der Waals surface area contributed by atoms with Gasteiger partial charge in [0.25, 0.3) is 11.5 Å². The summed E-state index contributed by atoms with van der Waals surface area (Å²) in [7, 11) is 0. The Morgan fingerprint density at radius 1 is 1.06 bits per heavy atom. The van der Waals surface area contributed by atoms with Gasteiger partial charge in [-0.3, -0.25) is 18.9 Å². The number of carbonyl (C=O) groups is 1. The number of fused-ring (bicyclic) bond motifs is 1. The second-order valence-electron chi connectivity index (χ2n) is 8.77. The lowest BCUT2D eigenvalue weighted by molar-refractivity contribution is -0.122. The number of amides is 1. The third-order valence-electron chi connectivity index (χ3n) is 6.06. The van der Waals surface area contributed by atoms with Crippen LogP contribution in [0.3, 0.4) is 0 Å². The number of thioether (sulfide) groups is 1. The van der Waals surface area contributed by atoms with E-state index in [9.17, 15) is 14.7 Å². The summed E-state index contributed by atoms with van der Waals surface area (Å²) >= 11 is 6.69. The summed E-state index contributed by atoms with van der Waals surface area (Å²) in [6.45, 7) is 2.98. The molecular formula is C26H36N4O3S2. The maximum absolute atomic E-state index is 13.1. The summed E-state index contributed by atoms with van der Waals surface area (Å²) in [5, 5.41) is 12.2. The molecule has 2 N–H and O–H groups in total. The van der Waals surface area contributed by atoms with Crippen molar-refractivity contribution in [2.45, 2.75) is 71.1 Å². The Morgan fingerprint density at radius 2 is 1.74 bits per heavy atom. The SMILES string of the molecule is CCCCCCCCCCCCN1C(=O)C(=Cc2c(NCCO)nc3ccccn3c2=O)SC1=S. The zero-order chi connectivity index (χ0) is 25.0. The first-order chi connectivity index (χ1) is 17.1. The Morgan fingerprint density at radius 3 is 2.43 bits per heavy atom. The van der Waals surface area contributed by atoms with Crippen molar-refractivity contribution >= 4 is 51.7 Å². The predicted octanol–water partition coefficient (Wildman–Crippen LogP) is 5.22. The fourth-order valence-corrected chi connectivity index (χ4v) is 5.41. The molecule has 1 saturated heterocycles. The molecule has 3 rings (SSSR count). The van der Waals surface area contributed by atoms with Crippen molar-refractivity contribution in [3.8, 4) is 0 Å². The van der Waals surface area contributed by atoms with Gasteiger partial charge >= 0.3 is 0 Å². The molecule has 7 nitrogen and oxygen atoms in total. The number of aliphatic hydroxyl groups is 1. The number of aliphatic hydroxyl groups excluding tert-OH is 1. The molecule has 0 atom stereocenters. The van der Waals surface area contributed by atoms with Crippen molar-refractivity contribution in [3.63, 3.8) is 0 Å². The lowest BCUT2D eigenvalue weighted by atomic mass is 10.1. The van der Waals surface area contributed by atoms with Gasteiger partial charge in [-0.25, -0.2) is 4.98 Å². The number of rotatable bonds is 15. The number of anilines is 1. The number of unbranched alkanes of at least 4 members (excludes halogenated alkanes) is 9. The van der Waals surface area contributed by atoms with E-state index in [1.54, 1.807) is 35.4 Å². The second-order valence-corrected chi connectivity index (χ2v) is 10.4. The molecule has 1 aliphatic heterocycles. The van der Waals surface area contributed by atoms with Crippen molar-refractivity contribution in [2.75, 3.05) is 25.0 Å². The van der Waals surface area contributed by atoms with E-state index in [4.69, 9.17) is 12.2 Å². The fourth-order valence-electron chi connectivity index (χ4n) is 4.12. The minimum atomic E-state index is -0.281. The first-order valence-electron chi connectivity index (χ1n) is 12.7. The van der Waals surface area contributed by atoms with Crippen LogP contribution in [0.1, 0.15) is 76.7 Å². The van der Waals surface area contributed by atoms with Crippen LogP contribution in [-0.2, 0) is 4.79 Å². The number of nitrogens with one attached hydrogen (secondary N) is 1. The largest absolute Gasteiger partial charge is 0.395 e. The standard InChI is InChI=1S/C26H36N4O3S2/c1-2-3-4-5-6-7-8-9-10-12-17-30-25(33)21(35-26(30)34)19-20-23(27-15-18-31)28-22-14-11-13-16-29(22)24(20)32/h11,13-14,16,19,27,31H,2-10,12,15,17-18H2,1H3. The zero-order valence-electron chi connectivity index (χ0n) is 20.5. The van der Waals surface area contributed by atoms with Gasteiger partial charge in [-0.15, -0.1) is 0 Å². The minimum Gasteiger partial charge on any atom is -0.395 e. The monoisotopic (exact) mass is 516 g/mol. The van der Waals surface area contributed by atoms with E-state index >= 15 is 0 Å². The Labute approximate surface area is 217 Å². The van der Waals surface area contributed by atoms with Crippen LogP contribution in [-0.4, -0.2) is 49.3 Å². The molecule has 190 valence electrons. The molecule has 0 bridgehead atoms. The molecule has 0 aromatic carbocycles. The van der Waals surface area contributed by atoms with Crippen LogP contribution in [0.25, 0.3) is 11.7 Å². The second kappa shape index (κ2) is 14.4. The summed E-state index contributed by atoms with van der Waals surface area (Å²) in [6.07, 6.45) is 15.5. The topological polar surface area (TPSA) is 86.9 Å². The molecule has 0 spiro atoms. The van der Waals surface area contributed by atoms with Crippen molar-refractivity contribution < 1.29 is 9.90 Å². The molecule has 35 heavy (non-hydrogen) atoms. The normalized spacial score (nSPS) is 15.0. The third kappa shape index (κ3) is 7.62. The average molecular weight is 517 g/mol. The first kappa shape index (κ1) is 27.4. The van der Waals surface area contributed by atoms with Gasteiger partial charge in [0.05, 0.1) is 17.1 Å². The van der Waals surface area contributed by atoms with Gasteiger partial charge in [0.1, 0.15) is 15.8 Å². The summed E-state index contributed by atoms with van der Waals surface area (Å²) in [5.41, 5.74) is 0.487. The van der Waals surface area contributed by atoms with E-state index in [1.165, 1.54) is 67.5 Å². The fraction of sp³-hybridized carbons (Fsp3) is 0.538. The van der Waals surface area contributed by atoms with Gasteiger partial charge in [0.2, 0.25) is 0 Å². The van der Waals surface area contributed by atoms with Gasteiger partial charge in [-0.1, -0.05) is 94.8 Å². The number of thiocarbonyl (C=S) groups is 1. The van der Waals surface area contributed by atoms with Crippen molar-refractivity contribution in [1.29, 1.82) is 0 Å². The lowest BCUT2D eigenvalue weighted by Gasteiger charge is -2.14. The molecule has 1 aliphatic rings. The van der Waals surface area contributed by atoms with Gasteiger partial charge < -0.3 is 10.4 Å². The number of aromatic nitrogens is 2. The van der Waals surface area contributed by atoms with E-state index in [2.05, 4.69) is 17.2 Å². The first-order valence-corrected chi connectivity index (χ1v) is 13.9. The molecular weight excluding hydrogens is 480 g/mol.